The molecule has 0 bridgehead atoms. The van der Waals surface area contributed by atoms with E-state index in [1.165, 1.54) is 28.9 Å². The van der Waals surface area contributed by atoms with E-state index in [-0.39, 0.29) is 16.4 Å². The second-order valence-electron chi connectivity index (χ2n) is 7.21. The SMILES string of the molecule is CS(=O)(=O)NC(=O)c1cc(Cl)c(-n2nc(-c3ccc([N+](=O)[O-])cc3)c3cc(Cl)ccc32)cc1F. The molecule has 0 radical (unpaired) electrons. The Morgan fingerprint density at radius 1 is 1.12 bits per heavy atom. The number of aromatic nitrogens is 2. The first-order valence-corrected chi connectivity index (χ1v) is 12.0. The number of amides is 1. The number of carbonyl (C=O) groups is 1. The maximum atomic E-state index is 14.8. The fraction of sp³-hybridized carbons (Fsp3) is 0.0476. The third-order valence-corrected chi connectivity index (χ3v) is 5.87. The number of fused-ring (bicyclic) bond motifs is 1. The maximum absolute atomic E-state index is 14.8. The zero-order chi connectivity index (χ0) is 24.8. The Kier molecular flexibility index (Phi) is 6.02. The molecule has 0 aliphatic heterocycles. The van der Waals surface area contributed by atoms with Gasteiger partial charge in [-0.3, -0.25) is 14.9 Å². The molecular weight excluding hydrogens is 510 g/mol. The minimum absolute atomic E-state index is 0.0744. The number of hydrogen-bond donors (Lipinski definition) is 1. The average Bonchev–Trinajstić information content (AvgIpc) is 3.12. The van der Waals surface area contributed by atoms with Gasteiger partial charge in [-0.25, -0.2) is 22.2 Å². The first-order valence-electron chi connectivity index (χ1n) is 9.39. The standard InChI is InChI=1S/C21H13Cl2FN4O5S/c1-34(32,33)26-21(29)14-9-16(23)19(10-17(14)24)27-18-7-4-12(22)8-15(18)20(25-27)11-2-5-13(6-3-11)28(30)31/h2-10H,1H3,(H,26,29). The normalized spacial score (nSPS) is 11.5. The summed E-state index contributed by atoms with van der Waals surface area (Å²) >= 11 is 12.5. The van der Waals surface area contributed by atoms with E-state index in [4.69, 9.17) is 23.2 Å². The van der Waals surface area contributed by atoms with Gasteiger partial charge < -0.3 is 0 Å². The van der Waals surface area contributed by atoms with Crippen LogP contribution in [0.5, 0.6) is 0 Å². The summed E-state index contributed by atoms with van der Waals surface area (Å²) in [5.74, 6) is -2.19. The number of halogens is 3. The molecule has 0 spiro atoms. The van der Waals surface area contributed by atoms with E-state index < -0.39 is 32.2 Å². The third-order valence-electron chi connectivity index (χ3n) is 4.78. The number of non-ortho nitro benzene ring substituents is 1. The third kappa shape index (κ3) is 4.58. The van der Waals surface area contributed by atoms with Crippen LogP contribution in [0.1, 0.15) is 10.4 Å². The monoisotopic (exact) mass is 522 g/mol. The number of nitrogens with one attached hydrogen (secondary N) is 1. The van der Waals surface area contributed by atoms with E-state index in [2.05, 4.69) is 5.10 Å². The number of nitro benzene ring substituents is 1. The smallest absolute Gasteiger partial charge is 0.268 e. The van der Waals surface area contributed by atoms with Crippen molar-refractivity contribution >= 4 is 55.7 Å². The predicted molar refractivity (Wildman–Crippen MR) is 125 cm³/mol. The lowest BCUT2D eigenvalue weighted by Crippen LogP contribution is -2.30. The van der Waals surface area contributed by atoms with Gasteiger partial charge in [0.15, 0.2) is 0 Å². The van der Waals surface area contributed by atoms with Crippen LogP contribution in [0.3, 0.4) is 0 Å². The van der Waals surface area contributed by atoms with E-state index in [1.807, 2.05) is 0 Å². The molecule has 4 aromatic rings. The van der Waals surface area contributed by atoms with Crippen molar-refractivity contribution in [2.75, 3.05) is 6.26 Å². The Morgan fingerprint density at radius 3 is 2.41 bits per heavy atom. The van der Waals surface area contributed by atoms with Crippen LogP contribution in [0, 0.1) is 15.9 Å². The highest BCUT2D eigenvalue weighted by molar-refractivity contribution is 7.89. The van der Waals surface area contributed by atoms with Gasteiger partial charge >= 0.3 is 0 Å². The predicted octanol–water partition coefficient (Wildman–Crippen LogP) is 4.74. The number of sulfonamides is 1. The number of nitro groups is 1. The fourth-order valence-corrected chi connectivity index (χ4v) is 4.19. The molecule has 3 aromatic carbocycles. The van der Waals surface area contributed by atoms with Crippen molar-refractivity contribution in [1.82, 2.24) is 14.5 Å². The zero-order valence-corrected chi connectivity index (χ0v) is 19.4. The molecule has 34 heavy (non-hydrogen) atoms. The largest absolute Gasteiger partial charge is 0.269 e. The van der Waals surface area contributed by atoms with Gasteiger partial charge in [0.1, 0.15) is 11.5 Å². The highest BCUT2D eigenvalue weighted by Gasteiger charge is 2.22. The lowest BCUT2D eigenvalue weighted by Gasteiger charge is -2.10. The maximum Gasteiger partial charge on any atom is 0.269 e. The van der Waals surface area contributed by atoms with E-state index >= 15 is 0 Å². The molecule has 1 amide bonds. The van der Waals surface area contributed by atoms with Crippen LogP contribution in [0.25, 0.3) is 27.8 Å². The molecule has 0 fully saturated rings. The summed E-state index contributed by atoms with van der Waals surface area (Å²) in [5, 5.41) is 16.4. The Hall–Kier alpha value is -3.54. The fourth-order valence-electron chi connectivity index (χ4n) is 3.32. The highest BCUT2D eigenvalue weighted by Crippen LogP contribution is 2.35. The van der Waals surface area contributed by atoms with Crippen molar-refractivity contribution in [3.05, 3.63) is 86.1 Å². The number of carbonyl (C=O) groups excluding carboxylic acids is 1. The summed E-state index contributed by atoms with van der Waals surface area (Å²) in [6.45, 7) is 0. The topological polar surface area (TPSA) is 124 Å². The van der Waals surface area contributed by atoms with Gasteiger partial charge in [0.25, 0.3) is 11.6 Å². The van der Waals surface area contributed by atoms with Gasteiger partial charge in [0.05, 0.1) is 33.0 Å². The highest BCUT2D eigenvalue weighted by atomic mass is 35.5. The number of hydrogen-bond acceptors (Lipinski definition) is 6. The van der Waals surface area contributed by atoms with Gasteiger partial charge in [-0.15, -0.1) is 0 Å². The summed E-state index contributed by atoms with van der Waals surface area (Å²) in [6.07, 6.45) is 0.763. The van der Waals surface area contributed by atoms with E-state index in [1.54, 1.807) is 22.9 Å². The minimum atomic E-state index is -3.91. The number of rotatable bonds is 5. The molecule has 1 N–H and O–H groups in total. The second-order valence-corrected chi connectivity index (χ2v) is 9.80. The summed E-state index contributed by atoms with van der Waals surface area (Å²) in [5.41, 5.74) is 0.857. The molecular formula is C21H13Cl2FN4O5S. The van der Waals surface area contributed by atoms with Crippen molar-refractivity contribution in [2.45, 2.75) is 0 Å². The van der Waals surface area contributed by atoms with Gasteiger partial charge in [-0.2, -0.15) is 5.10 Å². The molecule has 1 heterocycles. The molecule has 0 saturated heterocycles. The van der Waals surface area contributed by atoms with Crippen molar-refractivity contribution in [3.8, 4) is 16.9 Å². The lowest BCUT2D eigenvalue weighted by atomic mass is 10.1. The summed E-state index contributed by atoms with van der Waals surface area (Å²) in [6, 6.07) is 12.5. The van der Waals surface area contributed by atoms with Crippen molar-refractivity contribution in [1.29, 1.82) is 0 Å². The van der Waals surface area contributed by atoms with Crippen LogP contribution >= 0.6 is 23.2 Å². The average molecular weight is 523 g/mol. The van der Waals surface area contributed by atoms with Crippen LogP contribution in [0.2, 0.25) is 10.0 Å². The van der Waals surface area contributed by atoms with Gasteiger partial charge in [0.2, 0.25) is 10.0 Å². The zero-order valence-electron chi connectivity index (χ0n) is 17.1. The first-order chi connectivity index (χ1) is 15.9. The molecule has 9 nitrogen and oxygen atoms in total. The molecule has 174 valence electrons. The minimum Gasteiger partial charge on any atom is -0.268 e. The summed E-state index contributed by atoms with van der Waals surface area (Å²) in [7, 11) is -3.91. The molecule has 0 aliphatic rings. The lowest BCUT2D eigenvalue weighted by molar-refractivity contribution is -0.384. The number of benzene rings is 3. The molecule has 13 heteroatoms. The molecule has 1 aromatic heterocycles. The molecule has 0 atom stereocenters. The van der Waals surface area contributed by atoms with Crippen molar-refractivity contribution in [3.63, 3.8) is 0 Å². The summed E-state index contributed by atoms with van der Waals surface area (Å²) in [4.78, 5) is 22.6. The van der Waals surface area contributed by atoms with Crippen molar-refractivity contribution < 1.29 is 22.5 Å². The molecule has 0 saturated carbocycles. The van der Waals surface area contributed by atoms with Crippen LogP contribution < -0.4 is 4.72 Å². The summed E-state index contributed by atoms with van der Waals surface area (Å²) < 4.78 is 40.5. The Balaban J connectivity index is 1.88. The van der Waals surface area contributed by atoms with Gasteiger partial charge in [-0.1, -0.05) is 23.2 Å². The van der Waals surface area contributed by atoms with Crippen LogP contribution in [-0.4, -0.2) is 35.3 Å². The van der Waals surface area contributed by atoms with E-state index in [0.29, 0.717) is 27.2 Å². The Bertz CT molecular complexity index is 1590. The quantitative estimate of drug-likeness (QED) is 0.298. The van der Waals surface area contributed by atoms with Crippen LogP contribution in [0.4, 0.5) is 10.1 Å². The van der Waals surface area contributed by atoms with Crippen LogP contribution in [0.15, 0.2) is 54.6 Å². The van der Waals surface area contributed by atoms with E-state index in [9.17, 15) is 27.7 Å². The Morgan fingerprint density at radius 2 is 1.79 bits per heavy atom. The molecule has 0 aliphatic carbocycles. The van der Waals surface area contributed by atoms with Crippen molar-refractivity contribution in [2.24, 2.45) is 0 Å². The van der Waals surface area contributed by atoms with Gasteiger partial charge in [-0.05, 0) is 36.4 Å². The molecule has 4 rings (SSSR count). The Labute approximate surface area is 201 Å². The van der Waals surface area contributed by atoms with E-state index in [0.717, 1.165) is 18.4 Å². The van der Waals surface area contributed by atoms with Gasteiger partial charge in [0, 0.05) is 34.2 Å². The second kappa shape index (κ2) is 8.67. The number of nitrogens with zero attached hydrogens (tertiary/aromatic N) is 3. The molecule has 0 unspecified atom stereocenters. The first kappa shape index (κ1) is 23.6. The van der Waals surface area contributed by atoms with Crippen LogP contribution in [-0.2, 0) is 10.0 Å².